The molecule has 4 rings (SSSR count). The van der Waals surface area contributed by atoms with E-state index in [9.17, 15) is 19.5 Å². The molecular formula is C24H28BrClN2O6. The minimum absolute atomic E-state index is 0.0453. The second kappa shape index (κ2) is 9.97. The number of carbonyl (C=O) groups excluding carboxylic acids is 2. The topological polar surface area (TPSA) is 107 Å². The summed E-state index contributed by atoms with van der Waals surface area (Å²) in [6.07, 6.45) is 3.14. The van der Waals surface area contributed by atoms with E-state index < -0.39 is 35.6 Å². The summed E-state index contributed by atoms with van der Waals surface area (Å²) < 4.78 is 6.29. The number of likely N-dealkylation sites (tertiary alicyclic amines) is 1. The van der Waals surface area contributed by atoms with Crippen LogP contribution in [0.4, 0.5) is 5.69 Å². The first kappa shape index (κ1) is 25.2. The Morgan fingerprint density at radius 1 is 1.29 bits per heavy atom. The lowest BCUT2D eigenvalue weighted by atomic mass is 9.70. The van der Waals surface area contributed by atoms with Crippen molar-refractivity contribution in [1.82, 2.24) is 4.90 Å². The van der Waals surface area contributed by atoms with Crippen molar-refractivity contribution in [3.05, 3.63) is 41.9 Å². The van der Waals surface area contributed by atoms with Crippen LogP contribution in [-0.2, 0) is 19.1 Å². The minimum Gasteiger partial charge on any atom is -0.481 e. The van der Waals surface area contributed by atoms with Crippen LogP contribution < -0.4 is 4.90 Å². The largest absolute Gasteiger partial charge is 0.481 e. The molecule has 1 aromatic rings. The standard InChI is InChI=1S/C24H28BrClN2O6/c1-2-10-27(15-8-6-14(26)7-9-15)22(31)20-24-13-16(25)19(34-24)17(23(32)33)18(24)21(30)28(20)11-4-3-5-12-29/h2,6-9,16-20,29H,1,3-5,10-13H2,(H,32,33)/t16?,17-,18-,19-,20?,24?/m0/s1. The van der Waals surface area contributed by atoms with Crippen LogP contribution in [-0.4, -0.2) is 75.2 Å². The van der Waals surface area contributed by atoms with Crippen LogP contribution in [0, 0.1) is 11.8 Å². The number of fused-ring (bicyclic) bond motifs is 1. The summed E-state index contributed by atoms with van der Waals surface area (Å²) >= 11 is 9.58. The van der Waals surface area contributed by atoms with Gasteiger partial charge in [-0.25, -0.2) is 0 Å². The van der Waals surface area contributed by atoms with Gasteiger partial charge in [-0.3, -0.25) is 14.4 Å². The molecule has 3 saturated heterocycles. The SMILES string of the molecule is C=CCN(C(=O)C1N(CCCCCO)C(=O)[C@@H]2[C@H](C(=O)O)[C@H]3OC12CC3Br)c1ccc(Cl)cc1. The smallest absolute Gasteiger partial charge is 0.310 e. The van der Waals surface area contributed by atoms with E-state index in [1.54, 1.807) is 30.3 Å². The number of ether oxygens (including phenoxy) is 1. The number of carboxylic acids is 1. The molecule has 6 atom stereocenters. The van der Waals surface area contributed by atoms with Crippen LogP contribution in [0.3, 0.4) is 0 Å². The Bertz CT molecular complexity index is 975. The Balaban J connectivity index is 1.74. The number of aliphatic carboxylic acids is 1. The van der Waals surface area contributed by atoms with E-state index in [1.165, 1.54) is 9.80 Å². The molecule has 3 fully saturated rings. The Labute approximate surface area is 211 Å². The normalized spacial score (nSPS) is 31.6. The lowest BCUT2D eigenvalue weighted by molar-refractivity contribution is -0.149. The van der Waals surface area contributed by atoms with Gasteiger partial charge in [0, 0.05) is 35.2 Å². The molecule has 10 heteroatoms. The molecule has 3 aliphatic rings. The van der Waals surface area contributed by atoms with Gasteiger partial charge in [0.1, 0.15) is 11.6 Å². The maximum absolute atomic E-state index is 14.1. The van der Waals surface area contributed by atoms with Crippen LogP contribution in [0.2, 0.25) is 5.02 Å². The van der Waals surface area contributed by atoms with Crippen molar-refractivity contribution in [2.24, 2.45) is 11.8 Å². The average molecular weight is 556 g/mol. The van der Waals surface area contributed by atoms with E-state index in [0.717, 1.165) is 0 Å². The fraction of sp³-hybridized carbons (Fsp3) is 0.542. The number of halogens is 2. The molecule has 34 heavy (non-hydrogen) atoms. The number of alkyl halides is 1. The number of unbranched alkanes of at least 4 members (excludes halogenated alkanes) is 2. The molecule has 8 nitrogen and oxygen atoms in total. The Morgan fingerprint density at radius 3 is 2.62 bits per heavy atom. The van der Waals surface area contributed by atoms with Crippen LogP contribution in [0.15, 0.2) is 36.9 Å². The highest BCUT2D eigenvalue weighted by Crippen LogP contribution is 2.60. The van der Waals surface area contributed by atoms with Gasteiger partial charge in [-0.1, -0.05) is 33.6 Å². The molecule has 0 saturated carbocycles. The van der Waals surface area contributed by atoms with Gasteiger partial charge in [0.2, 0.25) is 5.91 Å². The van der Waals surface area contributed by atoms with Gasteiger partial charge < -0.3 is 24.7 Å². The Morgan fingerprint density at radius 2 is 2.00 bits per heavy atom. The van der Waals surface area contributed by atoms with Gasteiger partial charge in [-0.05, 0) is 49.9 Å². The van der Waals surface area contributed by atoms with E-state index in [0.29, 0.717) is 36.4 Å². The average Bonchev–Trinajstić information content (AvgIpc) is 3.39. The van der Waals surface area contributed by atoms with Crippen LogP contribution in [0.1, 0.15) is 25.7 Å². The Hall–Kier alpha value is -1.94. The second-order valence-corrected chi connectivity index (χ2v) is 10.6. The summed E-state index contributed by atoms with van der Waals surface area (Å²) in [4.78, 5) is 42.7. The molecule has 3 heterocycles. The summed E-state index contributed by atoms with van der Waals surface area (Å²) in [6.45, 7) is 4.30. The van der Waals surface area contributed by atoms with Crippen molar-refractivity contribution in [3.8, 4) is 0 Å². The zero-order valence-corrected chi connectivity index (χ0v) is 21.0. The summed E-state index contributed by atoms with van der Waals surface area (Å²) in [5.41, 5.74) is -0.627. The first-order valence-electron chi connectivity index (χ1n) is 11.4. The molecule has 2 N–H and O–H groups in total. The molecule has 2 bridgehead atoms. The number of benzene rings is 1. The number of anilines is 1. The molecule has 0 aromatic heterocycles. The number of amides is 2. The van der Waals surface area contributed by atoms with Gasteiger partial charge in [0.05, 0.1) is 17.9 Å². The summed E-state index contributed by atoms with van der Waals surface area (Å²) in [5, 5.41) is 19.6. The van der Waals surface area contributed by atoms with Crippen molar-refractivity contribution in [3.63, 3.8) is 0 Å². The fourth-order valence-electron chi connectivity index (χ4n) is 5.72. The second-order valence-electron chi connectivity index (χ2n) is 9.03. The van der Waals surface area contributed by atoms with Crippen molar-refractivity contribution in [2.75, 3.05) is 24.6 Å². The van der Waals surface area contributed by atoms with Gasteiger partial charge in [-0.15, -0.1) is 6.58 Å². The van der Waals surface area contributed by atoms with Crippen LogP contribution in [0.5, 0.6) is 0 Å². The number of aliphatic hydroxyl groups is 1. The number of rotatable bonds is 10. The number of carbonyl (C=O) groups is 3. The van der Waals surface area contributed by atoms with Gasteiger partial charge in [0.15, 0.2) is 0 Å². The van der Waals surface area contributed by atoms with Crippen LogP contribution >= 0.6 is 27.5 Å². The zero-order valence-electron chi connectivity index (χ0n) is 18.6. The predicted octanol–water partition coefficient (Wildman–Crippen LogP) is 2.85. The van der Waals surface area contributed by atoms with Crippen LogP contribution in [0.25, 0.3) is 0 Å². The molecule has 184 valence electrons. The minimum atomic E-state index is -1.22. The highest BCUT2D eigenvalue weighted by Gasteiger charge is 2.76. The highest BCUT2D eigenvalue weighted by molar-refractivity contribution is 9.09. The number of hydrogen-bond donors (Lipinski definition) is 2. The van der Waals surface area contributed by atoms with Gasteiger partial charge in [-0.2, -0.15) is 0 Å². The van der Waals surface area contributed by atoms with E-state index in [-0.39, 0.29) is 36.3 Å². The number of hydrogen-bond acceptors (Lipinski definition) is 5. The Kier molecular flexibility index (Phi) is 7.38. The molecule has 0 radical (unpaired) electrons. The highest BCUT2D eigenvalue weighted by atomic mass is 79.9. The first-order chi connectivity index (χ1) is 16.3. The third-order valence-electron chi connectivity index (χ3n) is 7.08. The molecule has 3 aliphatic heterocycles. The van der Waals surface area contributed by atoms with Crippen molar-refractivity contribution >= 4 is 51.0 Å². The number of nitrogens with zero attached hydrogens (tertiary/aromatic N) is 2. The third-order valence-corrected chi connectivity index (χ3v) is 8.18. The molecule has 3 unspecified atom stereocenters. The first-order valence-corrected chi connectivity index (χ1v) is 12.7. The van der Waals surface area contributed by atoms with E-state index in [2.05, 4.69) is 22.5 Å². The zero-order chi connectivity index (χ0) is 24.6. The maximum atomic E-state index is 14.1. The lowest BCUT2D eigenvalue weighted by Gasteiger charge is -2.37. The fourth-order valence-corrected chi connectivity index (χ4v) is 6.79. The number of aliphatic hydroxyl groups excluding tert-OH is 1. The molecular weight excluding hydrogens is 528 g/mol. The third kappa shape index (κ3) is 4.06. The van der Waals surface area contributed by atoms with Crippen molar-refractivity contribution in [1.29, 1.82) is 0 Å². The lowest BCUT2D eigenvalue weighted by Crippen LogP contribution is -2.57. The summed E-state index contributed by atoms with van der Waals surface area (Å²) in [7, 11) is 0. The van der Waals surface area contributed by atoms with E-state index >= 15 is 0 Å². The summed E-state index contributed by atoms with van der Waals surface area (Å²) in [5.74, 6) is -3.74. The van der Waals surface area contributed by atoms with Gasteiger partial charge >= 0.3 is 5.97 Å². The van der Waals surface area contributed by atoms with Gasteiger partial charge in [0.25, 0.3) is 5.91 Å². The summed E-state index contributed by atoms with van der Waals surface area (Å²) in [6, 6.07) is 5.84. The predicted molar refractivity (Wildman–Crippen MR) is 130 cm³/mol. The number of carboxylic acid groups (broad SMARTS) is 1. The monoisotopic (exact) mass is 554 g/mol. The molecule has 1 spiro atoms. The maximum Gasteiger partial charge on any atom is 0.310 e. The van der Waals surface area contributed by atoms with E-state index in [4.69, 9.17) is 21.4 Å². The van der Waals surface area contributed by atoms with E-state index in [1.807, 2.05) is 0 Å². The molecule has 0 aliphatic carbocycles. The molecule has 1 aromatic carbocycles. The quantitative estimate of drug-likeness (QED) is 0.261. The van der Waals surface area contributed by atoms with Crippen molar-refractivity contribution in [2.45, 2.75) is 48.3 Å². The van der Waals surface area contributed by atoms with Crippen molar-refractivity contribution < 1.29 is 29.3 Å². The molecule has 2 amide bonds.